The van der Waals surface area contributed by atoms with E-state index in [1.165, 1.54) is 6.92 Å². The summed E-state index contributed by atoms with van der Waals surface area (Å²) in [4.78, 5) is 47.3. The molecule has 188 valence electrons. The van der Waals surface area contributed by atoms with Gasteiger partial charge in [-0.2, -0.15) is 0 Å². The van der Waals surface area contributed by atoms with Gasteiger partial charge in [0.2, 0.25) is 0 Å². The number of H-pyrrole nitrogens is 1. The van der Waals surface area contributed by atoms with Gasteiger partial charge in [-0.3, -0.25) is 9.59 Å². The van der Waals surface area contributed by atoms with Crippen molar-refractivity contribution in [2.45, 2.75) is 13.3 Å². The molecule has 0 bridgehead atoms. The fourth-order valence-electron chi connectivity index (χ4n) is 5.29. The number of amides is 2. The molecule has 2 aliphatic rings. The van der Waals surface area contributed by atoms with Crippen molar-refractivity contribution in [2.24, 2.45) is 0 Å². The average molecular weight is 497 g/mol. The second-order valence-corrected chi connectivity index (χ2v) is 9.82. The zero-order valence-corrected chi connectivity index (χ0v) is 20.9. The van der Waals surface area contributed by atoms with Crippen molar-refractivity contribution in [1.29, 1.82) is 0 Å². The smallest absolute Gasteiger partial charge is 0.409 e. The molecular formula is C29H28N4O4. The lowest BCUT2D eigenvalue weighted by molar-refractivity contribution is 0.0983. The second kappa shape index (κ2) is 9.05. The zero-order valence-electron chi connectivity index (χ0n) is 20.9. The van der Waals surface area contributed by atoms with Crippen molar-refractivity contribution in [1.82, 2.24) is 14.8 Å². The van der Waals surface area contributed by atoms with Crippen LogP contribution in [0.15, 0.2) is 54.6 Å². The Morgan fingerprint density at radius 3 is 2.41 bits per heavy atom. The van der Waals surface area contributed by atoms with Gasteiger partial charge in [-0.25, -0.2) is 4.79 Å². The molecule has 1 N–H and O–H groups in total. The molecule has 6 rings (SSSR count). The molecule has 1 aromatic heterocycles. The number of ketones is 1. The van der Waals surface area contributed by atoms with E-state index in [-0.39, 0.29) is 17.8 Å². The van der Waals surface area contributed by atoms with Crippen LogP contribution in [-0.2, 0) is 6.42 Å². The van der Waals surface area contributed by atoms with Gasteiger partial charge in [-0.1, -0.05) is 24.3 Å². The average Bonchev–Trinajstić information content (AvgIpc) is 3.53. The first-order valence-corrected chi connectivity index (χ1v) is 12.5. The van der Waals surface area contributed by atoms with Crippen molar-refractivity contribution in [3.63, 3.8) is 0 Å². The Morgan fingerprint density at radius 1 is 0.892 bits per heavy atom. The van der Waals surface area contributed by atoms with Crippen LogP contribution in [0.4, 0.5) is 10.5 Å². The van der Waals surface area contributed by atoms with E-state index in [0.29, 0.717) is 43.1 Å². The van der Waals surface area contributed by atoms with E-state index in [2.05, 4.69) is 9.88 Å². The summed E-state index contributed by atoms with van der Waals surface area (Å²) in [7, 11) is 2.04. The first-order chi connectivity index (χ1) is 17.9. The van der Waals surface area contributed by atoms with Gasteiger partial charge >= 0.3 is 6.09 Å². The molecule has 2 aliphatic heterocycles. The Morgan fingerprint density at radius 2 is 1.65 bits per heavy atom. The summed E-state index contributed by atoms with van der Waals surface area (Å²) in [5, 5.41) is 2.66. The standard InChI is InChI=1S/C29H28N4O4/c1-18(34)19-7-8-24-20(15-19)16-25(30-24)28(35)33-10-9-22-21-5-3-4-6-23(21)27(17-26(22)33)37-29(36)32-13-11-31(2)12-14-32/h3-8,15-17,30H,9-14H2,1-2H3. The van der Waals surface area contributed by atoms with Crippen LogP contribution in [0.2, 0.25) is 0 Å². The molecule has 0 saturated carbocycles. The highest BCUT2D eigenvalue weighted by Gasteiger charge is 2.30. The third kappa shape index (κ3) is 4.13. The fourth-order valence-corrected chi connectivity index (χ4v) is 5.29. The molecular weight excluding hydrogens is 468 g/mol. The molecule has 3 heterocycles. The number of hydrogen-bond donors (Lipinski definition) is 1. The lowest BCUT2D eigenvalue weighted by Crippen LogP contribution is -2.48. The highest BCUT2D eigenvalue weighted by Crippen LogP contribution is 2.41. The number of nitrogens with zero attached hydrogens (tertiary/aromatic N) is 3. The maximum Gasteiger partial charge on any atom is 0.415 e. The van der Waals surface area contributed by atoms with Gasteiger partial charge in [0.25, 0.3) is 5.91 Å². The van der Waals surface area contributed by atoms with Crippen LogP contribution >= 0.6 is 0 Å². The number of carbonyl (C=O) groups is 3. The van der Waals surface area contributed by atoms with E-state index < -0.39 is 0 Å². The first kappa shape index (κ1) is 23.2. The van der Waals surface area contributed by atoms with E-state index >= 15 is 0 Å². The number of ether oxygens (including phenoxy) is 1. The molecule has 8 heteroatoms. The topological polar surface area (TPSA) is 85.9 Å². The molecule has 3 aromatic carbocycles. The van der Waals surface area contributed by atoms with Gasteiger partial charge in [-0.05, 0) is 55.6 Å². The predicted molar refractivity (Wildman–Crippen MR) is 143 cm³/mol. The Labute approximate surface area is 214 Å². The number of Topliss-reactive ketones (excluding diaryl/α,β-unsaturated/α-hetero) is 1. The van der Waals surface area contributed by atoms with E-state index in [1.54, 1.807) is 28.0 Å². The second-order valence-electron chi connectivity index (χ2n) is 9.82. The number of anilines is 1. The van der Waals surface area contributed by atoms with Crippen molar-refractivity contribution in [3.8, 4) is 5.75 Å². The third-order valence-corrected chi connectivity index (χ3v) is 7.43. The monoisotopic (exact) mass is 496 g/mol. The number of piperazine rings is 1. The van der Waals surface area contributed by atoms with Gasteiger partial charge in [0.15, 0.2) is 5.78 Å². The van der Waals surface area contributed by atoms with E-state index in [1.807, 2.05) is 43.4 Å². The molecule has 0 radical (unpaired) electrons. The van der Waals surface area contributed by atoms with E-state index in [4.69, 9.17) is 4.74 Å². The summed E-state index contributed by atoms with van der Waals surface area (Å²) in [5.41, 5.74) is 3.68. The summed E-state index contributed by atoms with van der Waals surface area (Å²) in [5.74, 6) is 0.279. The summed E-state index contributed by atoms with van der Waals surface area (Å²) in [6.45, 7) is 4.91. The van der Waals surface area contributed by atoms with Gasteiger partial charge in [-0.15, -0.1) is 0 Å². The molecule has 4 aromatic rings. The van der Waals surface area contributed by atoms with Gasteiger partial charge < -0.3 is 24.4 Å². The minimum Gasteiger partial charge on any atom is -0.409 e. The zero-order chi connectivity index (χ0) is 25.7. The van der Waals surface area contributed by atoms with Gasteiger partial charge in [0.1, 0.15) is 11.4 Å². The number of aromatic amines is 1. The van der Waals surface area contributed by atoms with Crippen LogP contribution in [0.25, 0.3) is 21.7 Å². The maximum atomic E-state index is 13.7. The van der Waals surface area contributed by atoms with Crippen LogP contribution in [0.5, 0.6) is 5.75 Å². The SMILES string of the molecule is CC(=O)c1ccc2[nH]c(C(=O)N3CCc4c3cc(OC(=O)N3CCN(C)CC3)c3ccccc43)cc2c1. The van der Waals surface area contributed by atoms with Crippen molar-refractivity contribution in [2.75, 3.05) is 44.7 Å². The summed E-state index contributed by atoms with van der Waals surface area (Å²) < 4.78 is 5.94. The summed E-state index contributed by atoms with van der Waals surface area (Å²) in [6.07, 6.45) is 0.342. The van der Waals surface area contributed by atoms with E-state index in [9.17, 15) is 14.4 Å². The Hall–Kier alpha value is -4.17. The minimum atomic E-state index is -0.369. The molecule has 1 saturated heterocycles. The Kier molecular flexibility index (Phi) is 5.68. The number of hydrogen-bond acceptors (Lipinski definition) is 5. The van der Waals surface area contributed by atoms with Crippen LogP contribution in [0.1, 0.15) is 33.3 Å². The van der Waals surface area contributed by atoms with Crippen molar-refractivity contribution < 1.29 is 19.1 Å². The molecule has 2 amide bonds. The maximum absolute atomic E-state index is 13.7. The van der Waals surface area contributed by atoms with Crippen LogP contribution < -0.4 is 9.64 Å². The lowest BCUT2D eigenvalue weighted by Gasteiger charge is -2.31. The number of aromatic nitrogens is 1. The molecule has 0 aliphatic carbocycles. The van der Waals surface area contributed by atoms with Gasteiger partial charge in [0.05, 0.1) is 5.69 Å². The van der Waals surface area contributed by atoms with Crippen LogP contribution in [0.3, 0.4) is 0 Å². The van der Waals surface area contributed by atoms with Crippen molar-refractivity contribution in [3.05, 3.63) is 71.4 Å². The Bertz CT molecular complexity index is 1570. The molecule has 0 unspecified atom stereocenters. The predicted octanol–water partition coefficient (Wildman–Crippen LogP) is 4.47. The molecule has 8 nitrogen and oxygen atoms in total. The van der Waals surface area contributed by atoms with Gasteiger partial charge in [0, 0.05) is 60.6 Å². The van der Waals surface area contributed by atoms with Crippen molar-refractivity contribution >= 4 is 45.1 Å². The number of rotatable bonds is 3. The Balaban J connectivity index is 1.35. The number of carbonyl (C=O) groups excluding carboxylic acids is 3. The lowest BCUT2D eigenvalue weighted by atomic mass is 10.0. The highest BCUT2D eigenvalue weighted by atomic mass is 16.6. The number of benzene rings is 3. The first-order valence-electron chi connectivity index (χ1n) is 12.5. The largest absolute Gasteiger partial charge is 0.415 e. The quantitative estimate of drug-likeness (QED) is 0.423. The van der Waals surface area contributed by atoms with Crippen LogP contribution in [0, 0.1) is 0 Å². The van der Waals surface area contributed by atoms with Crippen LogP contribution in [-0.4, -0.2) is 72.3 Å². The fraction of sp³-hybridized carbons (Fsp3) is 0.276. The normalized spacial score (nSPS) is 15.8. The minimum absolute atomic E-state index is 0.0185. The third-order valence-electron chi connectivity index (χ3n) is 7.43. The summed E-state index contributed by atoms with van der Waals surface area (Å²) >= 11 is 0. The molecule has 1 fully saturated rings. The highest BCUT2D eigenvalue weighted by molar-refractivity contribution is 6.11. The number of fused-ring (bicyclic) bond motifs is 4. The number of nitrogens with one attached hydrogen (secondary N) is 1. The molecule has 0 spiro atoms. The number of likely N-dealkylation sites (N-methyl/N-ethyl adjacent to an activating group) is 1. The molecule has 0 atom stereocenters. The summed E-state index contributed by atoms with van der Waals surface area (Å²) in [6, 6.07) is 16.9. The molecule has 37 heavy (non-hydrogen) atoms. The van der Waals surface area contributed by atoms with E-state index in [0.717, 1.165) is 46.0 Å².